The van der Waals surface area contributed by atoms with Crippen LogP contribution < -0.4 is 5.73 Å². The molecule has 0 bridgehead atoms. The van der Waals surface area contributed by atoms with E-state index in [4.69, 9.17) is 5.73 Å². The fraction of sp³-hybridized carbons (Fsp3) is 0.714. The van der Waals surface area contributed by atoms with Gasteiger partial charge in [0.2, 0.25) is 5.91 Å². The molecule has 1 unspecified atom stereocenters. The Labute approximate surface area is 114 Å². The van der Waals surface area contributed by atoms with Crippen molar-refractivity contribution in [2.45, 2.75) is 51.1 Å². The molecule has 0 spiro atoms. The Balaban J connectivity index is 1.81. The molecule has 0 aromatic carbocycles. The van der Waals surface area contributed by atoms with E-state index in [1.54, 1.807) is 6.20 Å². The molecule has 2 N–H and O–H groups in total. The minimum Gasteiger partial charge on any atom is -0.341 e. The number of piperidine rings is 1. The molecule has 2 rings (SSSR count). The lowest BCUT2D eigenvalue weighted by atomic mass is 10.0. The first kappa shape index (κ1) is 14.1. The van der Waals surface area contributed by atoms with Gasteiger partial charge in [-0.25, -0.2) is 0 Å². The second-order valence-electron chi connectivity index (χ2n) is 5.29. The minimum atomic E-state index is -0.318. The molecule has 1 atom stereocenters. The summed E-state index contributed by atoms with van der Waals surface area (Å²) in [5.74, 6) is 0.118. The largest absolute Gasteiger partial charge is 0.341 e. The third-order valence-electron chi connectivity index (χ3n) is 3.86. The Morgan fingerprint density at radius 2 is 2.21 bits per heavy atom. The van der Waals surface area contributed by atoms with E-state index in [-0.39, 0.29) is 11.9 Å². The highest BCUT2D eigenvalue weighted by Crippen LogP contribution is 2.22. The van der Waals surface area contributed by atoms with Crippen molar-refractivity contribution in [3.63, 3.8) is 0 Å². The summed E-state index contributed by atoms with van der Waals surface area (Å²) in [5, 5.41) is 4.27. The number of unbranched alkanes of at least 4 members (excludes halogenated alkanes) is 1. The second-order valence-corrected chi connectivity index (χ2v) is 5.29. The van der Waals surface area contributed by atoms with E-state index in [0.29, 0.717) is 6.04 Å². The molecule has 1 aliphatic rings. The summed E-state index contributed by atoms with van der Waals surface area (Å²) in [5.41, 5.74) is 5.95. The molecule has 19 heavy (non-hydrogen) atoms. The van der Waals surface area contributed by atoms with Crippen molar-refractivity contribution in [3.8, 4) is 0 Å². The number of hydrogen-bond acceptors (Lipinski definition) is 3. The molecule has 5 heteroatoms. The van der Waals surface area contributed by atoms with Crippen LogP contribution in [0, 0.1) is 0 Å². The van der Waals surface area contributed by atoms with E-state index in [2.05, 4.69) is 12.0 Å². The van der Waals surface area contributed by atoms with Crippen LogP contribution in [0.4, 0.5) is 0 Å². The summed E-state index contributed by atoms with van der Waals surface area (Å²) in [6.07, 6.45) is 8.64. The predicted molar refractivity (Wildman–Crippen MR) is 74.6 cm³/mol. The molecule has 1 saturated heterocycles. The third-order valence-corrected chi connectivity index (χ3v) is 3.86. The number of nitrogens with zero attached hydrogens (tertiary/aromatic N) is 3. The first-order valence-electron chi connectivity index (χ1n) is 7.26. The summed E-state index contributed by atoms with van der Waals surface area (Å²) < 4.78 is 2.00. The van der Waals surface area contributed by atoms with Gasteiger partial charge in [-0.15, -0.1) is 0 Å². The molecule has 1 amide bonds. The monoisotopic (exact) mass is 264 g/mol. The number of carbonyl (C=O) groups excluding carboxylic acids is 1. The van der Waals surface area contributed by atoms with Crippen molar-refractivity contribution in [2.24, 2.45) is 5.73 Å². The normalized spacial score (nSPS) is 18.5. The van der Waals surface area contributed by atoms with Gasteiger partial charge in [-0.2, -0.15) is 5.10 Å². The summed E-state index contributed by atoms with van der Waals surface area (Å²) in [6, 6.07) is 2.05. The van der Waals surface area contributed by atoms with Crippen LogP contribution >= 0.6 is 0 Å². The zero-order valence-electron chi connectivity index (χ0n) is 11.7. The lowest BCUT2D eigenvalue weighted by Gasteiger charge is -2.33. The lowest BCUT2D eigenvalue weighted by Crippen LogP contribution is -2.47. The Morgan fingerprint density at radius 3 is 2.79 bits per heavy atom. The first-order valence-corrected chi connectivity index (χ1v) is 7.26. The number of amides is 1. The average Bonchev–Trinajstić information content (AvgIpc) is 2.98. The molecule has 5 nitrogen and oxygen atoms in total. The minimum absolute atomic E-state index is 0.118. The van der Waals surface area contributed by atoms with Gasteiger partial charge in [-0.1, -0.05) is 19.8 Å². The van der Waals surface area contributed by atoms with Crippen LogP contribution in [-0.4, -0.2) is 39.7 Å². The van der Waals surface area contributed by atoms with E-state index in [0.717, 1.165) is 45.2 Å². The fourth-order valence-corrected chi connectivity index (χ4v) is 2.63. The van der Waals surface area contributed by atoms with Crippen LogP contribution in [0.1, 0.15) is 45.1 Å². The second kappa shape index (κ2) is 6.70. The van der Waals surface area contributed by atoms with Crippen LogP contribution in [-0.2, 0) is 4.79 Å². The van der Waals surface area contributed by atoms with Crippen LogP contribution in [0.15, 0.2) is 18.5 Å². The molecule has 1 fully saturated rings. The van der Waals surface area contributed by atoms with Gasteiger partial charge in [0.15, 0.2) is 0 Å². The SMILES string of the molecule is CCCCC(N)C(=O)N1CCC(n2cccn2)CC1. The lowest BCUT2D eigenvalue weighted by molar-refractivity contribution is -0.134. The Hall–Kier alpha value is -1.36. The summed E-state index contributed by atoms with van der Waals surface area (Å²) in [7, 11) is 0. The van der Waals surface area contributed by atoms with Crippen molar-refractivity contribution in [3.05, 3.63) is 18.5 Å². The predicted octanol–water partition coefficient (Wildman–Crippen LogP) is 1.56. The average molecular weight is 264 g/mol. The topological polar surface area (TPSA) is 64.2 Å². The molecule has 106 valence electrons. The van der Waals surface area contributed by atoms with Gasteiger partial charge in [0.05, 0.1) is 12.1 Å². The van der Waals surface area contributed by atoms with Crippen molar-refractivity contribution in [1.29, 1.82) is 0 Å². The van der Waals surface area contributed by atoms with Gasteiger partial charge >= 0.3 is 0 Å². The highest BCUT2D eigenvalue weighted by atomic mass is 16.2. The van der Waals surface area contributed by atoms with Gasteiger partial charge in [0.1, 0.15) is 0 Å². The quantitative estimate of drug-likeness (QED) is 0.878. The van der Waals surface area contributed by atoms with Gasteiger partial charge in [0.25, 0.3) is 0 Å². The van der Waals surface area contributed by atoms with Crippen molar-refractivity contribution in [2.75, 3.05) is 13.1 Å². The summed E-state index contributed by atoms with van der Waals surface area (Å²) >= 11 is 0. The van der Waals surface area contributed by atoms with Gasteiger partial charge in [-0.05, 0) is 25.3 Å². The maximum atomic E-state index is 12.2. The Morgan fingerprint density at radius 1 is 1.47 bits per heavy atom. The molecule has 1 aromatic heterocycles. The molecular formula is C14H24N4O. The molecule has 1 aromatic rings. The zero-order chi connectivity index (χ0) is 13.7. The van der Waals surface area contributed by atoms with E-state index in [1.165, 1.54) is 0 Å². The zero-order valence-corrected chi connectivity index (χ0v) is 11.7. The highest BCUT2D eigenvalue weighted by molar-refractivity contribution is 5.81. The molecule has 0 aliphatic carbocycles. The number of carbonyl (C=O) groups is 1. The molecule has 2 heterocycles. The summed E-state index contributed by atoms with van der Waals surface area (Å²) in [6.45, 7) is 3.71. The molecule has 1 aliphatic heterocycles. The Bertz CT molecular complexity index is 382. The number of hydrogen-bond donors (Lipinski definition) is 1. The van der Waals surface area contributed by atoms with Crippen LogP contribution in [0.2, 0.25) is 0 Å². The first-order chi connectivity index (χ1) is 9.22. The van der Waals surface area contributed by atoms with Gasteiger partial charge in [-0.3, -0.25) is 9.48 Å². The van der Waals surface area contributed by atoms with E-state index >= 15 is 0 Å². The van der Waals surface area contributed by atoms with Gasteiger partial charge in [0, 0.05) is 25.5 Å². The van der Waals surface area contributed by atoms with Crippen molar-refractivity contribution in [1.82, 2.24) is 14.7 Å². The maximum absolute atomic E-state index is 12.2. The number of likely N-dealkylation sites (tertiary alicyclic amines) is 1. The molecule has 0 radical (unpaired) electrons. The van der Waals surface area contributed by atoms with E-state index in [9.17, 15) is 4.79 Å². The summed E-state index contributed by atoms with van der Waals surface area (Å²) in [4.78, 5) is 14.1. The van der Waals surface area contributed by atoms with Crippen LogP contribution in [0.25, 0.3) is 0 Å². The number of nitrogens with two attached hydrogens (primary N) is 1. The van der Waals surface area contributed by atoms with Crippen LogP contribution in [0.5, 0.6) is 0 Å². The molecule has 0 saturated carbocycles. The Kier molecular flexibility index (Phi) is 4.96. The van der Waals surface area contributed by atoms with Gasteiger partial charge < -0.3 is 10.6 Å². The van der Waals surface area contributed by atoms with Crippen LogP contribution in [0.3, 0.4) is 0 Å². The smallest absolute Gasteiger partial charge is 0.239 e. The standard InChI is InChI=1S/C14H24N4O/c1-2-3-5-13(15)14(19)17-10-6-12(7-11-17)18-9-4-8-16-18/h4,8-9,12-13H,2-3,5-7,10-11,15H2,1H3. The number of aromatic nitrogens is 2. The third kappa shape index (κ3) is 3.56. The maximum Gasteiger partial charge on any atom is 0.239 e. The fourth-order valence-electron chi connectivity index (χ4n) is 2.63. The van der Waals surface area contributed by atoms with E-state index < -0.39 is 0 Å². The highest BCUT2D eigenvalue weighted by Gasteiger charge is 2.26. The number of rotatable bonds is 5. The van der Waals surface area contributed by atoms with Crippen molar-refractivity contribution < 1.29 is 4.79 Å². The van der Waals surface area contributed by atoms with Crippen molar-refractivity contribution >= 4 is 5.91 Å². The van der Waals surface area contributed by atoms with E-state index in [1.807, 2.05) is 21.8 Å². The molecular weight excluding hydrogens is 240 g/mol.